The Morgan fingerprint density at radius 3 is 2.27 bits per heavy atom. The molecule has 2 amide bonds. The van der Waals surface area contributed by atoms with Crippen LogP contribution >= 0.6 is 0 Å². The molecule has 2 aliphatic heterocycles. The second-order valence-electron chi connectivity index (χ2n) is 7.82. The molecular formula is C17H29N3O2. The first kappa shape index (κ1) is 15.8. The average Bonchev–Trinajstić information content (AvgIpc) is 2.99. The summed E-state index contributed by atoms with van der Waals surface area (Å²) in [5.74, 6) is 0.758. The minimum Gasteiger partial charge on any atom is -0.340 e. The standard InChI is InChI=1S/C17H29N3O2/c1-13(21)19-11-15-10-18(16(22)14-6-4-5-7-14)8-9-20(15)17(2,3)12-19/h14-15H,4-12H2,1-3H3. The number of rotatable bonds is 1. The predicted molar refractivity (Wildman–Crippen MR) is 85.4 cm³/mol. The highest BCUT2D eigenvalue weighted by atomic mass is 16.2. The van der Waals surface area contributed by atoms with Crippen LogP contribution in [0.2, 0.25) is 0 Å². The van der Waals surface area contributed by atoms with Crippen LogP contribution in [0.25, 0.3) is 0 Å². The molecule has 0 N–H and O–H groups in total. The van der Waals surface area contributed by atoms with E-state index in [9.17, 15) is 9.59 Å². The molecule has 2 saturated heterocycles. The molecule has 1 atom stereocenters. The van der Waals surface area contributed by atoms with Gasteiger partial charge in [0.05, 0.1) is 0 Å². The summed E-state index contributed by atoms with van der Waals surface area (Å²) in [5.41, 5.74) is -0.00289. The van der Waals surface area contributed by atoms with Crippen LogP contribution in [0.15, 0.2) is 0 Å². The van der Waals surface area contributed by atoms with E-state index in [2.05, 4.69) is 23.6 Å². The van der Waals surface area contributed by atoms with Gasteiger partial charge in [-0.1, -0.05) is 12.8 Å². The van der Waals surface area contributed by atoms with Gasteiger partial charge in [0.15, 0.2) is 0 Å². The van der Waals surface area contributed by atoms with E-state index in [4.69, 9.17) is 0 Å². The molecule has 22 heavy (non-hydrogen) atoms. The van der Waals surface area contributed by atoms with E-state index in [1.54, 1.807) is 6.92 Å². The Balaban J connectivity index is 1.70. The van der Waals surface area contributed by atoms with Crippen molar-refractivity contribution >= 4 is 11.8 Å². The largest absolute Gasteiger partial charge is 0.340 e. The van der Waals surface area contributed by atoms with Gasteiger partial charge in [-0.05, 0) is 26.7 Å². The molecule has 5 heteroatoms. The summed E-state index contributed by atoms with van der Waals surface area (Å²) in [4.78, 5) is 31.0. The molecule has 0 spiro atoms. The van der Waals surface area contributed by atoms with E-state index in [0.29, 0.717) is 5.91 Å². The summed E-state index contributed by atoms with van der Waals surface area (Å²) in [6, 6.07) is 0.284. The Kier molecular flexibility index (Phi) is 4.19. The third-order valence-electron chi connectivity index (χ3n) is 5.73. The number of hydrogen-bond donors (Lipinski definition) is 0. The molecule has 0 radical (unpaired) electrons. The van der Waals surface area contributed by atoms with Crippen molar-refractivity contribution in [1.82, 2.24) is 14.7 Å². The molecule has 0 aromatic heterocycles. The van der Waals surface area contributed by atoms with E-state index in [0.717, 1.165) is 45.6 Å². The predicted octanol–water partition coefficient (Wildman–Crippen LogP) is 1.33. The molecule has 3 aliphatic rings. The van der Waals surface area contributed by atoms with Crippen LogP contribution in [0.5, 0.6) is 0 Å². The Bertz CT molecular complexity index is 457. The van der Waals surface area contributed by atoms with Crippen molar-refractivity contribution < 1.29 is 9.59 Å². The number of carbonyl (C=O) groups excluding carboxylic acids is 2. The molecule has 5 nitrogen and oxygen atoms in total. The van der Waals surface area contributed by atoms with Crippen molar-refractivity contribution in [3.63, 3.8) is 0 Å². The minimum atomic E-state index is -0.00289. The van der Waals surface area contributed by atoms with E-state index >= 15 is 0 Å². The van der Waals surface area contributed by atoms with Gasteiger partial charge in [0.2, 0.25) is 11.8 Å². The highest BCUT2D eigenvalue weighted by Gasteiger charge is 2.44. The Morgan fingerprint density at radius 1 is 1.00 bits per heavy atom. The van der Waals surface area contributed by atoms with Crippen LogP contribution in [-0.4, -0.2) is 70.8 Å². The molecular weight excluding hydrogens is 278 g/mol. The van der Waals surface area contributed by atoms with Crippen molar-refractivity contribution in [3.8, 4) is 0 Å². The zero-order valence-electron chi connectivity index (χ0n) is 14.2. The van der Waals surface area contributed by atoms with Gasteiger partial charge in [-0.2, -0.15) is 0 Å². The van der Waals surface area contributed by atoms with E-state index in [1.165, 1.54) is 12.8 Å². The van der Waals surface area contributed by atoms with Gasteiger partial charge in [-0.25, -0.2) is 0 Å². The first-order valence-corrected chi connectivity index (χ1v) is 8.69. The third kappa shape index (κ3) is 2.87. The van der Waals surface area contributed by atoms with Crippen LogP contribution in [0.3, 0.4) is 0 Å². The van der Waals surface area contributed by atoms with Crippen LogP contribution < -0.4 is 0 Å². The fourth-order valence-electron chi connectivity index (χ4n) is 4.56. The highest BCUT2D eigenvalue weighted by molar-refractivity contribution is 5.79. The van der Waals surface area contributed by atoms with Crippen LogP contribution in [-0.2, 0) is 9.59 Å². The molecule has 3 fully saturated rings. The Labute approximate surface area is 133 Å². The lowest BCUT2D eigenvalue weighted by molar-refractivity contribution is -0.147. The smallest absolute Gasteiger partial charge is 0.225 e. The van der Waals surface area contributed by atoms with Crippen molar-refractivity contribution in [2.24, 2.45) is 5.92 Å². The van der Waals surface area contributed by atoms with Crippen LogP contribution in [0.1, 0.15) is 46.5 Å². The van der Waals surface area contributed by atoms with E-state index in [-0.39, 0.29) is 23.4 Å². The van der Waals surface area contributed by atoms with Crippen LogP contribution in [0, 0.1) is 5.92 Å². The fourth-order valence-corrected chi connectivity index (χ4v) is 4.56. The van der Waals surface area contributed by atoms with Crippen molar-refractivity contribution in [1.29, 1.82) is 0 Å². The zero-order chi connectivity index (χ0) is 15.9. The van der Waals surface area contributed by atoms with Gasteiger partial charge in [-0.15, -0.1) is 0 Å². The zero-order valence-corrected chi connectivity index (χ0v) is 14.2. The second-order valence-corrected chi connectivity index (χ2v) is 7.82. The SMILES string of the molecule is CC(=O)N1CC2CN(C(=O)C3CCCC3)CCN2C(C)(C)C1. The normalized spacial score (nSPS) is 29.5. The Hall–Kier alpha value is -1.10. The van der Waals surface area contributed by atoms with Crippen molar-refractivity contribution in [2.45, 2.75) is 58.0 Å². The number of hydrogen-bond acceptors (Lipinski definition) is 3. The Morgan fingerprint density at radius 2 is 1.64 bits per heavy atom. The summed E-state index contributed by atoms with van der Waals surface area (Å²) in [5, 5.41) is 0. The molecule has 124 valence electrons. The maximum atomic E-state index is 12.7. The lowest BCUT2D eigenvalue weighted by Gasteiger charge is -2.55. The van der Waals surface area contributed by atoms with Gasteiger partial charge >= 0.3 is 0 Å². The van der Waals surface area contributed by atoms with Gasteiger partial charge in [0.1, 0.15) is 0 Å². The molecule has 1 unspecified atom stereocenters. The van der Waals surface area contributed by atoms with Crippen LogP contribution in [0.4, 0.5) is 0 Å². The number of carbonyl (C=O) groups is 2. The quantitative estimate of drug-likeness (QED) is 0.734. The molecule has 3 rings (SSSR count). The van der Waals surface area contributed by atoms with Gasteiger partial charge in [-0.3, -0.25) is 14.5 Å². The molecule has 0 bridgehead atoms. The van der Waals surface area contributed by atoms with Gasteiger partial charge in [0.25, 0.3) is 0 Å². The monoisotopic (exact) mass is 307 g/mol. The molecule has 0 aromatic carbocycles. The minimum absolute atomic E-state index is 0.00289. The lowest BCUT2D eigenvalue weighted by Crippen LogP contribution is -2.70. The summed E-state index contributed by atoms with van der Waals surface area (Å²) in [7, 11) is 0. The maximum absolute atomic E-state index is 12.7. The van der Waals surface area contributed by atoms with Crippen molar-refractivity contribution in [2.75, 3.05) is 32.7 Å². The number of piperazine rings is 2. The van der Waals surface area contributed by atoms with Crippen molar-refractivity contribution in [3.05, 3.63) is 0 Å². The summed E-state index contributed by atoms with van der Waals surface area (Å²) >= 11 is 0. The first-order chi connectivity index (χ1) is 10.4. The van der Waals surface area contributed by atoms with Gasteiger partial charge < -0.3 is 9.80 Å². The number of nitrogens with zero attached hydrogens (tertiary/aromatic N) is 3. The highest BCUT2D eigenvalue weighted by Crippen LogP contribution is 2.31. The lowest BCUT2D eigenvalue weighted by atomic mass is 9.92. The molecule has 0 aromatic rings. The molecule has 1 saturated carbocycles. The average molecular weight is 307 g/mol. The number of amides is 2. The van der Waals surface area contributed by atoms with Gasteiger partial charge in [0, 0.05) is 57.1 Å². The molecule has 2 heterocycles. The summed E-state index contributed by atoms with van der Waals surface area (Å²) in [6.07, 6.45) is 4.53. The molecule has 1 aliphatic carbocycles. The fraction of sp³-hybridized carbons (Fsp3) is 0.882. The second kappa shape index (κ2) is 5.84. The first-order valence-electron chi connectivity index (χ1n) is 8.69. The third-order valence-corrected chi connectivity index (χ3v) is 5.73. The van der Waals surface area contributed by atoms with E-state index in [1.807, 2.05) is 4.90 Å². The topological polar surface area (TPSA) is 43.9 Å². The maximum Gasteiger partial charge on any atom is 0.225 e. The summed E-state index contributed by atoms with van der Waals surface area (Å²) < 4.78 is 0. The summed E-state index contributed by atoms with van der Waals surface area (Å²) in [6.45, 7) is 10.2. The number of fused-ring (bicyclic) bond motifs is 1. The van der Waals surface area contributed by atoms with E-state index < -0.39 is 0 Å².